The Bertz CT molecular complexity index is 561. The lowest BCUT2D eigenvalue weighted by Crippen LogP contribution is -2.04. The van der Waals surface area contributed by atoms with Crippen LogP contribution in [0.4, 0.5) is 19.0 Å². The zero-order chi connectivity index (χ0) is 13.3. The largest absolute Gasteiger partial charge is 0.416 e. The summed E-state index contributed by atoms with van der Waals surface area (Å²) >= 11 is 0. The maximum Gasteiger partial charge on any atom is 0.416 e. The van der Waals surface area contributed by atoms with Gasteiger partial charge in [0, 0.05) is 11.1 Å². The lowest BCUT2D eigenvalue weighted by molar-refractivity contribution is -0.137. The van der Waals surface area contributed by atoms with Crippen LogP contribution in [0.5, 0.6) is 0 Å². The second-order valence-electron chi connectivity index (χ2n) is 3.81. The van der Waals surface area contributed by atoms with Gasteiger partial charge in [-0.05, 0) is 18.6 Å². The molecule has 18 heavy (non-hydrogen) atoms. The zero-order valence-corrected chi connectivity index (χ0v) is 9.58. The van der Waals surface area contributed by atoms with Crippen LogP contribution in [0.2, 0.25) is 0 Å². The van der Waals surface area contributed by atoms with Crippen LogP contribution in [0.3, 0.4) is 0 Å². The molecular formula is C12H11F3N2O. The molecule has 1 aromatic heterocycles. The molecule has 0 saturated heterocycles. The highest BCUT2D eigenvalue weighted by molar-refractivity contribution is 5.66. The molecule has 0 saturated carbocycles. The van der Waals surface area contributed by atoms with E-state index >= 15 is 0 Å². The third kappa shape index (κ3) is 2.18. The van der Waals surface area contributed by atoms with Crippen molar-refractivity contribution in [3.05, 3.63) is 35.4 Å². The van der Waals surface area contributed by atoms with Gasteiger partial charge in [0.15, 0.2) is 11.6 Å². The van der Waals surface area contributed by atoms with Gasteiger partial charge >= 0.3 is 6.18 Å². The van der Waals surface area contributed by atoms with E-state index in [1.165, 1.54) is 12.1 Å². The highest BCUT2D eigenvalue weighted by Gasteiger charge is 2.31. The summed E-state index contributed by atoms with van der Waals surface area (Å²) in [6.45, 7) is 1.83. The van der Waals surface area contributed by atoms with Gasteiger partial charge in [0.05, 0.1) is 5.56 Å². The predicted molar refractivity (Wildman–Crippen MR) is 60.7 cm³/mol. The van der Waals surface area contributed by atoms with Crippen LogP contribution in [0.1, 0.15) is 18.1 Å². The second-order valence-corrected chi connectivity index (χ2v) is 3.81. The molecular weight excluding hydrogens is 245 g/mol. The number of anilines is 1. The van der Waals surface area contributed by atoms with Crippen molar-refractivity contribution in [2.75, 3.05) is 5.73 Å². The average molecular weight is 256 g/mol. The number of alkyl halides is 3. The predicted octanol–water partition coefficient (Wildman–Crippen LogP) is 3.51. The van der Waals surface area contributed by atoms with Crippen molar-refractivity contribution in [2.45, 2.75) is 19.5 Å². The molecule has 0 bridgehead atoms. The Morgan fingerprint density at radius 1 is 1.33 bits per heavy atom. The molecule has 0 atom stereocenters. The Labute approximate surface area is 101 Å². The quantitative estimate of drug-likeness (QED) is 0.894. The number of hydrogen-bond acceptors (Lipinski definition) is 3. The van der Waals surface area contributed by atoms with E-state index in [0.29, 0.717) is 23.3 Å². The fraction of sp³-hybridized carbons (Fsp3) is 0.250. The van der Waals surface area contributed by atoms with Crippen molar-refractivity contribution in [3.63, 3.8) is 0 Å². The lowest BCUT2D eigenvalue weighted by atomic mass is 10.0. The molecule has 2 aromatic rings. The van der Waals surface area contributed by atoms with Gasteiger partial charge in [-0.15, -0.1) is 0 Å². The van der Waals surface area contributed by atoms with Gasteiger partial charge in [0.25, 0.3) is 0 Å². The molecule has 2 N–H and O–H groups in total. The van der Waals surface area contributed by atoms with Gasteiger partial charge in [0.2, 0.25) is 0 Å². The van der Waals surface area contributed by atoms with Crippen LogP contribution < -0.4 is 5.73 Å². The molecule has 0 fully saturated rings. The van der Waals surface area contributed by atoms with E-state index < -0.39 is 11.7 Å². The Balaban J connectivity index is 2.51. The fourth-order valence-electron chi connectivity index (χ4n) is 1.73. The minimum absolute atomic E-state index is 0.213. The van der Waals surface area contributed by atoms with Crippen molar-refractivity contribution < 1.29 is 17.7 Å². The summed E-state index contributed by atoms with van der Waals surface area (Å²) in [5.74, 6) is 0.506. The molecule has 0 amide bonds. The van der Waals surface area contributed by atoms with Crippen LogP contribution in [0.25, 0.3) is 11.3 Å². The van der Waals surface area contributed by atoms with Gasteiger partial charge in [0.1, 0.15) is 0 Å². The SMILES string of the molecule is CCc1c(N)noc1-c1cccc(C(F)(F)F)c1. The molecule has 1 aromatic carbocycles. The van der Waals surface area contributed by atoms with E-state index in [1.807, 2.05) is 6.92 Å². The summed E-state index contributed by atoms with van der Waals surface area (Å²) in [6, 6.07) is 4.90. The van der Waals surface area contributed by atoms with Gasteiger partial charge in [-0.3, -0.25) is 0 Å². The van der Waals surface area contributed by atoms with Crippen LogP contribution in [0.15, 0.2) is 28.8 Å². The molecule has 0 aliphatic rings. The van der Waals surface area contributed by atoms with Gasteiger partial charge in [-0.25, -0.2) is 0 Å². The Morgan fingerprint density at radius 3 is 2.67 bits per heavy atom. The van der Waals surface area contributed by atoms with E-state index in [9.17, 15) is 13.2 Å². The summed E-state index contributed by atoms with van der Waals surface area (Å²) < 4.78 is 42.8. The van der Waals surface area contributed by atoms with Crippen molar-refractivity contribution in [1.82, 2.24) is 5.16 Å². The second kappa shape index (κ2) is 4.36. The maximum atomic E-state index is 12.6. The van der Waals surface area contributed by atoms with E-state index in [-0.39, 0.29) is 5.82 Å². The summed E-state index contributed by atoms with van der Waals surface area (Å²) in [4.78, 5) is 0. The highest BCUT2D eigenvalue weighted by atomic mass is 19.4. The van der Waals surface area contributed by atoms with Gasteiger partial charge in [-0.2, -0.15) is 13.2 Å². The lowest BCUT2D eigenvalue weighted by Gasteiger charge is -2.07. The molecule has 1 heterocycles. The molecule has 0 unspecified atom stereocenters. The maximum absolute atomic E-state index is 12.6. The van der Waals surface area contributed by atoms with E-state index in [4.69, 9.17) is 10.3 Å². The number of rotatable bonds is 2. The van der Waals surface area contributed by atoms with Crippen molar-refractivity contribution in [1.29, 1.82) is 0 Å². The summed E-state index contributed by atoms with van der Waals surface area (Å²) in [5.41, 5.74) is 5.81. The zero-order valence-electron chi connectivity index (χ0n) is 9.58. The van der Waals surface area contributed by atoms with Crippen molar-refractivity contribution >= 4 is 5.82 Å². The summed E-state index contributed by atoms with van der Waals surface area (Å²) in [7, 11) is 0. The first-order valence-electron chi connectivity index (χ1n) is 5.35. The standard InChI is InChI=1S/C12H11F3N2O/c1-2-9-10(18-17-11(9)16)7-4-3-5-8(6-7)12(13,14)15/h3-6H,2H2,1H3,(H2,16,17). The van der Waals surface area contributed by atoms with Crippen LogP contribution in [-0.2, 0) is 12.6 Å². The third-order valence-electron chi connectivity index (χ3n) is 2.62. The van der Waals surface area contributed by atoms with E-state index in [2.05, 4.69) is 5.16 Å². The van der Waals surface area contributed by atoms with Crippen LogP contribution in [0, 0.1) is 0 Å². The summed E-state index contributed by atoms with van der Waals surface area (Å²) in [5, 5.41) is 3.58. The Kier molecular flexibility index (Phi) is 3.02. The normalized spacial score (nSPS) is 11.8. The number of hydrogen-bond donors (Lipinski definition) is 1. The van der Waals surface area contributed by atoms with E-state index in [0.717, 1.165) is 12.1 Å². The molecule has 3 nitrogen and oxygen atoms in total. The average Bonchev–Trinajstić information content (AvgIpc) is 2.69. The topological polar surface area (TPSA) is 52.0 Å². The molecule has 0 aliphatic heterocycles. The molecule has 0 aliphatic carbocycles. The van der Waals surface area contributed by atoms with Crippen LogP contribution >= 0.6 is 0 Å². The van der Waals surface area contributed by atoms with Gasteiger partial charge in [-0.1, -0.05) is 24.2 Å². The smallest absolute Gasteiger partial charge is 0.381 e. The highest BCUT2D eigenvalue weighted by Crippen LogP contribution is 2.34. The monoisotopic (exact) mass is 256 g/mol. The van der Waals surface area contributed by atoms with Gasteiger partial charge < -0.3 is 10.3 Å². The summed E-state index contributed by atoms with van der Waals surface area (Å²) in [6.07, 6.45) is -3.84. The van der Waals surface area contributed by atoms with Crippen molar-refractivity contribution in [2.24, 2.45) is 0 Å². The number of nitrogens with zero attached hydrogens (tertiary/aromatic N) is 1. The molecule has 0 radical (unpaired) electrons. The number of aromatic nitrogens is 1. The molecule has 2 rings (SSSR count). The molecule has 96 valence electrons. The minimum atomic E-state index is -4.38. The number of benzene rings is 1. The molecule has 6 heteroatoms. The first-order valence-corrected chi connectivity index (χ1v) is 5.35. The first-order chi connectivity index (χ1) is 8.43. The number of nitrogen functional groups attached to an aromatic ring is 1. The Morgan fingerprint density at radius 2 is 2.06 bits per heavy atom. The van der Waals surface area contributed by atoms with E-state index in [1.54, 1.807) is 0 Å². The molecule has 0 spiro atoms. The number of nitrogens with two attached hydrogens (primary N) is 1. The minimum Gasteiger partial charge on any atom is -0.381 e. The Hall–Kier alpha value is -1.98. The first kappa shape index (κ1) is 12.5. The van der Waals surface area contributed by atoms with Crippen molar-refractivity contribution in [3.8, 4) is 11.3 Å². The van der Waals surface area contributed by atoms with Crippen LogP contribution in [-0.4, -0.2) is 5.16 Å². The fourth-order valence-corrected chi connectivity index (χ4v) is 1.73. The number of halogens is 3. The third-order valence-corrected chi connectivity index (χ3v) is 2.62.